The van der Waals surface area contributed by atoms with E-state index in [2.05, 4.69) is 64.5 Å². The lowest BCUT2D eigenvalue weighted by Crippen LogP contribution is -2.48. The molecule has 224 valence electrons. The van der Waals surface area contributed by atoms with Crippen molar-refractivity contribution < 1.29 is 19.0 Å². The fourth-order valence-corrected chi connectivity index (χ4v) is 5.94. The van der Waals surface area contributed by atoms with Crippen LogP contribution < -0.4 is 10.2 Å². The zero-order valence-electron chi connectivity index (χ0n) is 24.8. The van der Waals surface area contributed by atoms with Crippen molar-refractivity contribution in [3.63, 3.8) is 0 Å². The van der Waals surface area contributed by atoms with Crippen molar-refractivity contribution in [3.05, 3.63) is 63.6 Å². The van der Waals surface area contributed by atoms with Crippen molar-refractivity contribution in [3.8, 4) is 0 Å². The molecule has 1 saturated heterocycles. The quantitative estimate of drug-likeness (QED) is 0.158. The van der Waals surface area contributed by atoms with Gasteiger partial charge in [-0.25, -0.2) is 0 Å². The van der Waals surface area contributed by atoms with Gasteiger partial charge in [-0.2, -0.15) is 0 Å². The number of rotatable bonds is 13. The highest BCUT2D eigenvalue weighted by Gasteiger charge is 2.31. The molecule has 10 nitrogen and oxygen atoms in total. The molecule has 2 aliphatic carbocycles. The molecule has 2 fully saturated rings. The Morgan fingerprint density at radius 3 is 2.80 bits per heavy atom. The van der Waals surface area contributed by atoms with E-state index in [1.54, 1.807) is 12.0 Å². The van der Waals surface area contributed by atoms with Crippen LogP contribution in [0.2, 0.25) is 0 Å². The Hall–Kier alpha value is -2.72. The van der Waals surface area contributed by atoms with E-state index in [-0.39, 0.29) is 30.7 Å². The van der Waals surface area contributed by atoms with Crippen LogP contribution in [0.3, 0.4) is 0 Å². The van der Waals surface area contributed by atoms with Crippen molar-refractivity contribution in [1.29, 1.82) is 0 Å². The fourth-order valence-electron chi connectivity index (χ4n) is 5.94. The molecule has 3 aliphatic rings. The van der Waals surface area contributed by atoms with Gasteiger partial charge in [0.25, 0.3) is 0 Å². The lowest BCUT2D eigenvalue weighted by Gasteiger charge is -2.34. The van der Waals surface area contributed by atoms with Crippen LogP contribution in [0.15, 0.2) is 47.1 Å². The van der Waals surface area contributed by atoms with E-state index >= 15 is 0 Å². The summed E-state index contributed by atoms with van der Waals surface area (Å²) >= 11 is 0. The van der Waals surface area contributed by atoms with Crippen LogP contribution in [0.4, 0.5) is 5.69 Å². The maximum atomic E-state index is 13.7. The van der Waals surface area contributed by atoms with Crippen molar-refractivity contribution in [2.45, 2.75) is 70.7 Å². The number of methoxy groups -OCH3 is 1. The summed E-state index contributed by atoms with van der Waals surface area (Å²) in [5.74, 6) is -0.0903. The maximum absolute atomic E-state index is 13.7. The third-order valence-electron chi connectivity index (χ3n) is 8.21. The summed E-state index contributed by atoms with van der Waals surface area (Å²) in [5, 5.41) is 7.25. The number of piperazine rings is 1. The lowest BCUT2D eigenvalue weighted by atomic mass is 9.86. The summed E-state index contributed by atoms with van der Waals surface area (Å²) in [6.07, 6.45) is 10.6. The number of hydrogen-bond donors (Lipinski definition) is 1. The van der Waals surface area contributed by atoms with Crippen LogP contribution in [0.5, 0.6) is 0 Å². The minimum absolute atomic E-state index is 0.00566. The summed E-state index contributed by atoms with van der Waals surface area (Å²) < 4.78 is 17.1. The summed E-state index contributed by atoms with van der Waals surface area (Å²) in [5.41, 5.74) is 13.3. The highest BCUT2D eigenvalue weighted by Crippen LogP contribution is 2.32. The second kappa shape index (κ2) is 16.1. The summed E-state index contributed by atoms with van der Waals surface area (Å²) in [4.78, 5) is 20.7. The Kier molecular flexibility index (Phi) is 12.2. The monoisotopic (exact) mass is 566 g/mol. The first-order valence-electron chi connectivity index (χ1n) is 14.9. The standard InChI is InChI=1S/C31H46N6O4/c1-23-17-28(10-7-27(23)20-36-14-13-33-24(2)19-36)37(22-34-35-32)31(38)26-8-11-29(12-9-26)41-30-6-4-5-25(18-30)21-40-16-15-39-3/h4-5,7,10,17-18,24,26,29-30,33H,6,8-9,11-16,19-22H2,1-3H3/t24-,26?,29?,30?/m0/s1. The van der Waals surface area contributed by atoms with Gasteiger partial charge in [0.1, 0.15) is 6.67 Å². The van der Waals surface area contributed by atoms with Gasteiger partial charge >= 0.3 is 0 Å². The molecular formula is C31H46N6O4. The Morgan fingerprint density at radius 2 is 2.07 bits per heavy atom. The largest absolute Gasteiger partial charge is 0.382 e. The van der Waals surface area contributed by atoms with Crippen molar-refractivity contribution >= 4 is 11.6 Å². The number of carbonyl (C=O) groups is 1. The van der Waals surface area contributed by atoms with Crippen LogP contribution in [-0.4, -0.2) is 82.3 Å². The molecule has 0 radical (unpaired) electrons. The van der Waals surface area contributed by atoms with Gasteiger partial charge in [-0.15, -0.1) is 0 Å². The molecule has 1 aromatic rings. The van der Waals surface area contributed by atoms with Gasteiger partial charge in [-0.1, -0.05) is 29.4 Å². The Labute approximate surface area is 244 Å². The molecule has 1 aliphatic heterocycles. The predicted octanol–water partition coefficient (Wildman–Crippen LogP) is 4.88. The minimum Gasteiger partial charge on any atom is -0.382 e. The molecule has 1 amide bonds. The minimum atomic E-state index is -0.113. The van der Waals surface area contributed by atoms with Gasteiger partial charge in [0.2, 0.25) is 5.91 Å². The first-order chi connectivity index (χ1) is 20.0. The summed E-state index contributed by atoms with van der Waals surface area (Å²) in [6, 6.07) is 6.65. The van der Waals surface area contributed by atoms with Gasteiger partial charge in [0, 0.05) is 55.8 Å². The van der Waals surface area contributed by atoms with Gasteiger partial charge in [-0.05, 0) is 80.3 Å². The van der Waals surface area contributed by atoms with E-state index in [4.69, 9.17) is 19.7 Å². The van der Waals surface area contributed by atoms with E-state index < -0.39 is 0 Å². The molecule has 0 spiro atoms. The number of azide groups is 1. The average molecular weight is 567 g/mol. The average Bonchev–Trinajstić information content (AvgIpc) is 2.97. The highest BCUT2D eigenvalue weighted by molar-refractivity contribution is 5.95. The first kappa shape index (κ1) is 31.2. The summed E-state index contributed by atoms with van der Waals surface area (Å²) in [6.45, 7) is 9.94. The third kappa shape index (κ3) is 9.39. The lowest BCUT2D eigenvalue weighted by molar-refractivity contribution is -0.124. The number of aryl methyl sites for hydroxylation is 1. The normalized spacial score (nSPS) is 24.9. The van der Waals surface area contributed by atoms with Crippen molar-refractivity contribution in [2.24, 2.45) is 11.0 Å². The second-order valence-corrected chi connectivity index (χ2v) is 11.4. The van der Waals surface area contributed by atoms with E-state index in [1.807, 2.05) is 6.07 Å². The zero-order chi connectivity index (χ0) is 29.0. The molecule has 0 aromatic heterocycles. The Bertz CT molecular complexity index is 1110. The highest BCUT2D eigenvalue weighted by atomic mass is 16.5. The predicted molar refractivity (Wildman–Crippen MR) is 161 cm³/mol. The number of nitrogens with one attached hydrogen (secondary N) is 1. The van der Waals surface area contributed by atoms with E-state index in [0.717, 1.165) is 75.1 Å². The van der Waals surface area contributed by atoms with E-state index in [1.165, 1.54) is 5.56 Å². The summed E-state index contributed by atoms with van der Waals surface area (Å²) in [7, 11) is 1.67. The molecule has 1 N–H and O–H groups in total. The second-order valence-electron chi connectivity index (χ2n) is 11.4. The van der Waals surface area contributed by atoms with Crippen LogP contribution in [-0.2, 0) is 25.5 Å². The Morgan fingerprint density at radius 1 is 1.24 bits per heavy atom. The number of amides is 1. The maximum Gasteiger partial charge on any atom is 0.230 e. The van der Waals surface area contributed by atoms with E-state index in [9.17, 15) is 4.79 Å². The molecule has 4 rings (SSSR count). The van der Waals surface area contributed by atoms with Crippen molar-refractivity contribution in [1.82, 2.24) is 10.2 Å². The molecule has 1 unspecified atom stereocenters. The number of carbonyl (C=O) groups excluding carboxylic acids is 1. The molecular weight excluding hydrogens is 520 g/mol. The van der Waals surface area contributed by atoms with Gasteiger partial charge < -0.3 is 24.4 Å². The van der Waals surface area contributed by atoms with Crippen LogP contribution >= 0.6 is 0 Å². The zero-order valence-corrected chi connectivity index (χ0v) is 24.8. The molecule has 0 bridgehead atoms. The molecule has 1 saturated carbocycles. The van der Waals surface area contributed by atoms with Gasteiger partial charge in [-0.3, -0.25) is 9.69 Å². The smallest absolute Gasteiger partial charge is 0.230 e. The van der Waals surface area contributed by atoms with Gasteiger partial charge in [0.05, 0.1) is 32.0 Å². The van der Waals surface area contributed by atoms with E-state index in [0.29, 0.717) is 25.9 Å². The first-order valence-corrected chi connectivity index (χ1v) is 14.9. The van der Waals surface area contributed by atoms with Crippen LogP contribution in [0, 0.1) is 12.8 Å². The molecule has 10 heteroatoms. The topological polar surface area (TPSA) is 112 Å². The molecule has 2 atom stereocenters. The van der Waals surface area contributed by atoms with Crippen LogP contribution in [0.25, 0.3) is 10.4 Å². The number of benzene rings is 1. The number of nitrogens with zero attached hydrogens (tertiary/aromatic N) is 5. The number of anilines is 1. The molecule has 1 heterocycles. The van der Waals surface area contributed by atoms with Crippen molar-refractivity contribution in [2.75, 3.05) is 58.1 Å². The van der Waals surface area contributed by atoms with Crippen LogP contribution in [0.1, 0.15) is 50.2 Å². The third-order valence-corrected chi connectivity index (χ3v) is 8.21. The number of hydrogen-bond acceptors (Lipinski definition) is 7. The SMILES string of the molecule is COCCOCC1=CC(OC2CCC(C(=O)N(CN=[N+]=[N-])c3ccc(CN4CCN[C@@H](C)C4)c(C)c3)CC2)CC=C1. The number of ether oxygens (including phenoxy) is 3. The molecule has 41 heavy (non-hydrogen) atoms. The molecule has 1 aromatic carbocycles. The fraction of sp³-hybridized carbons (Fsp3) is 0.645. The Balaban J connectivity index is 1.32. The van der Waals surface area contributed by atoms with Gasteiger partial charge in [0.15, 0.2) is 0 Å².